The molecule has 0 spiro atoms. The van der Waals surface area contributed by atoms with Crippen molar-refractivity contribution in [3.63, 3.8) is 0 Å². The van der Waals surface area contributed by atoms with Gasteiger partial charge in [-0.3, -0.25) is 9.59 Å². The Labute approximate surface area is 105 Å². The van der Waals surface area contributed by atoms with Gasteiger partial charge in [-0.1, -0.05) is 13.8 Å². The van der Waals surface area contributed by atoms with E-state index in [1.165, 1.54) is 24.3 Å². The van der Waals surface area contributed by atoms with E-state index in [1.54, 1.807) is 0 Å². The first kappa shape index (κ1) is 13.9. The number of carboxylic acids is 1. The van der Waals surface area contributed by atoms with Crippen LogP contribution in [0.2, 0.25) is 0 Å². The molecule has 5 heteroatoms. The van der Waals surface area contributed by atoms with E-state index in [0.29, 0.717) is 5.69 Å². The summed E-state index contributed by atoms with van der Waals surface area (Å²) in [6, 6.07) is 5.63. The molecule has 1 amide bonds. The normalized spacial score (nSPS) is 10.2. The summed E-state index contributed by atoms with van der Waals surface area (Å²) in [4.78, 5) is 33.5. The number of ketones is 1. The maximum Gasteiger partial charge on any atom is 0.335 e. The van der Waals surface area contributed by atoms with Gasteiger partial charge in [0.15, 0.2) is 0 Å². The molecule has 0 aliphatic rings. The second kappa shape index (κ2) is 5.95. The molecule has 96 valence electrons. The molecule has 5 nitrogen and oxygen atoms in total. The van der Waals surface area contributed by atoms with Gasteiger partial charge in [0.25, 0.3) is 5.91 Å². The van der Waals surface area contributed by atoms with E-state index < -0.39 is 17.7 Å². The average molecular weight is 249 g/mol. The van der Waals surface area contributed by atoms with Gasteiger partial charge in [0.1, 0.15) is 0 Å². The fourth-order valence-corrected chi connectivity index (χ4v) is 1.36. The number of carbonyl (C=O) groups is 3. The standard InChI is InChI=1S/C13H15NO4/c1-8(2)7-11(15)12(16)14-10-5-3-9(4-6-10)13(17)18/h3-6,8H,7H2,1-2H3,(H,14,16)(H,17,18). The summed E-state index contributed by atoms with van der Waals surface area (Å²) >= 11 is 0. The zero-order valence-corrected chi connectivity index (χ0v) is 10.3. The number of aromatic carboxylic acids is 1. The van der Waals surface area contributed by atoms with Crippen LogP contribution in [0.5, 0.6) is 0 Å². The third-order valence-corrected chi connectivity index (χ3v) is 2.24. The summed E-state index contributed by atoms with van der Waals surface area (Å²) < 4.78 is 0. The van der Waals surface area contributed by atoms with Crippen molar-refractivity contribution in [3.05, 3.63) is 29.8 Å². The Kier molecular flexibility index (Phi) is 4.59. The Bertz CT molecular complexity index is 462. The highest BCUT2D eigenvalue weighted by Crippen LogP contribution is 2.10. The van der Waals surface area contributed by atoms with Crippen molar-refractivity contribution >= 4 is 23.3 Å². The van der Waals surface area contributed by atoms with Gasteiger partial charge in [0.2, 0.25) is 5.78 Å². The van der Waals surface area contributed by atoms with E-state index in [4.69, 9.17) is 5.11 Å². The van der Waals surface area contributed by atoms with Crippen molar-refractivity contribution in [1.29, 1.82) is 0 Å². The molecule has 0 aliphatic carbocycles. The summed E-state index contributed by atoms with van der Waals surface area (Å²) in [6.45, 7) is 3.71. The third-order valence-electron chi connectivity index (χ3n) is 2.24. The largest absolute Gasteiger partial charge is 0.478 e. The lowest BCUT2D eigenvalue weighted by Gasteiger charge is -2.06. The first-order valence-corrected chi connectivity index (χ1v) is 5.57. The van der Waals surface area contributed by atoms with E-state index in [2.05, 4.69) is 5.32 Å². The highest BCUT2D eigenvalue weighted by Gasteiger charge is 2.15. The Morgan fingerprint density at radius 1 is 1.17 bits per heavy atom. The fraction of sp³-hybridized carbons (Fsp3) is 0.308. The molecule has 2 N–H and O–H groups in total. The zero-order chi connectivity index (χ0) is 13.7. The Balaban J connectivity index is 2.65. The number of Topliss-reactive ketones (excluding diaryl/α,β-unsaturated/α-hetero) is 1. The molecule has 0 fully saturated rings. The van der Waals surface area contributed by atoms with Crippen LogP contribution in [0.15, 0.2) is 24.3 Å². The van der Waals surface area contributed by atoms with Crippen LogP contribution in [0.25, 0.3) is 0 Å². The molecule has 0 heterocycles. The molecule has 0 saturated heterocycles. The van der Waals surface area contributed by atoms with Crippen LogP contribution in [-0.2, 0) is 9.59 Å². The number of nitrogens with one attached hydrogen (secondary N) is 1. The van der Waals surface area contributed by atoms with Crippen molar-refractivity contribution in [3.8, 4) is 0 Å². The molecular formula is C13H15NO4. The smallest absolute Gasteiger partial charge is 0.335 e. The minimum atomic E-state index is -1.04. The van der Waals surface area contributed by atoms with Crippen LogP contribution < -0.4 is 5.32 Å². The number of hydrogen-bond acceptors (Lipinski definition) is 3. The van der Waals surface area contributed by atoms with Crippen molar-refractivity contribution in [2.75, 3.05) is 5.32 Å². The minimum absolute atomic E-state index is 0.123. The number of amides is 1. The van der Waals surface area contributed by atoms with Crippen LogP contribution in [0.1, 0.15) is 30.6 Å². The Morgan fingerprint density at radius 2 is 1.72 bits per heavy atom. The van der Waals surface area contributed by atoms with Gasteiger partial charge in [0.05, 0.1) is 5.56 Å². The summed E-state index contributed by atoms with van der Waals surface area (Å²) in [7, 11) is 0. The molecule has 1 aromatic rings. The molecule has 0 atom stereocenters. The topological polar surface area (TPSA) is 83.5 Å². The van der Waals surface area contributed by atoms with E-state index in [0.717, 1.165) is 0 Å². The van der Waals surface area contributed by atoms with E-state index in [1.807, 2.05) is 13.8 Å². The van der Waals surface area contributed by atoms with E-state index >= 15 is 0 Å². The van der Waals surface area contributed by atoms with Gasteiger partial charge in [0, 0.05) is 12.1 Å². The zero-order valence-electron chi connectivity index (χ0n) is 10.3. The monoisotopic (exact) mass is 249 g/mol. The van der Waals surface area contributed by atoms with Gasteiger partial charge in [-0.15, -0.1) is 0 Å². The van der Waals surface area contributed by atoms with Crippen molar-refractivity contribution in [2.45, 2.75) is 20.3 Å². The van der Waals surface area contributed by atoms with Gasteiger partial charge in [-0.25, -0.2) is 4.79 Å². The minimum Gasteiger partial charge on any atom is -0.478 e. The molecule has 1 aromatic carbocycles. The molecule has 1 rings (SSSR count). The fourth-order valence-electron chi connectivity index (χ4n) is 1.36. The Morgan fingerprint density at radius 3 is 2.17 bits per heavy atom. The highest BCUT2D eigenvalue weighted by molar-refractivity contribution is 6.40. The van der Waals surface area contributed by atoms with Crippen LogP contribution in [0.3, 0.4) is 0 Å². The van der Waals surface area contributed by atoms with Crippen LogP contribution in [0.4, 0.5) is 5.69 Å². The van der Waals surface area contributed by atoms with Crippen molar-refractivity contribution < 1.29 is 19.5 Å². The highest BCUT2D eigenvalue weighted by atomic mass is 16.4. The maximum atomic E-state index is 11.5. The number of anilines is 1. The summed E-state index contributed by atoms with van der Waals surface area (Å²) in [5.74, 6) is -2.07. The van der Waals surface area contributed by atoms with E-state index in [-0.39, 0.29) is 17.9 Å². The summed E-state index contributed by atoms with van der Waals surface area (Å²) in [5.41, 5.74) is 0.531. The lowest BCUT2D eigenvalue weighted by molar-refractivity contribution is -0.135. The second-order valence-electron chi connectivity index (χ2n) is 4.36. The van der Waals surface area contributed by atoms with Crippen molar-refractivity contribution in [1.82, 2.24) is 0 Å². The number of carbonyl (C=O) groups excluding carboxylic acids is 2. The molecule has 0 aromatic heterocycles. The Hall–Kier alpha value is -2.17. The third kappa shape index (κ3) is 4.01. The summed E-state index contributed by atoms with van der Waals surface area (Å²) in [5, 5.41) is 11.1. The first-order chi connectivity index (χ1) is 8.40. The quantitative estimate of drug-likeness (QED) is 0.781. The van der Waals surface area contributed by atoms with Gasteiger partial charge in [-0.05, 0) is 30.2 Å². The van der Waals surface area contributed by atoms with Crippen LogP contribution in [0, 0.1) is 5.92 Å². The van der Waals surface area contributed by atoms with Gasteiger partial charge >= 0.3 is 5.97 Å². The number of hydrogen-bond donors (Lipinski definition) is 2. The second-order valence-corrected chi connectivity index (χ2v) is 4.36. The molecule has 0 bridgehead atoms. The molecule has 0 radical (unpaired) electrons. The van der Waals surface area contributed by atoms with Crippen LogP contribution in [-0.4, -0.2) is 22.8 Å². The lowest BCUT2D eigenvalue weighted by atomic mass is 10.1. The lowest BCUT2D eigenvalue weighted by Crippen LogP contribution is -2.23. The molecule has 0 unspecified atom stereocenters. The van der Waals surface area contributed by atoms with Gasteiger partial charge in [-0.2, -0.15) is 0 Å². The number of benzene rings is 1. The first-order valence-electron chi connectivity index (χ1n) is 5.57. The predicted molar refractivity (Wildman–Crippen MR) is 66.5 cm³/mol. The van der Waals surface area contributed by atoms with Crippen LogP contribution >= 0.6 is 0 Å². The molecule has 0 aliphatic heterocycles. The number of rotatable bonds is 5. The average Bonchev–Trinajstić information content (AvgIpc) is 2.28. The summed E-state index contributed by atoms with van der Waals surface area (Å²) in [6.07, 6.45) is 0.193. The molecule has 0 saturated carbocycles. The molecule has 18 heavy (non-hydrogen) atoms. The number of carboxylic acid groups (broad SMARTS) is 1. The van der Waals surface area contributed by atoms with E-state index in [9.17, 15) is 14.4 Å². The predicted octanol–water partition coefficient (Wildman–Crippen LogP) is 1.94. The maximum absolute atomic E-state index is 11.5. The van der Waals surface area contributed by atoms with Crippen molar-refractivity contribution in [2.24, 2.45) is 5.92 Å². The van der Waals surface area contributed by atoms with Gasteiger partial charge < -0.3 is 10.4 Å². The SMILES string of the molecule is CC(C)CC(=O)C(=O)Nc1ccc(C(=O)O)cc1. The molecular weight excluding hydrogens is 234 g/mol.